The van der Waals surface area contributed by atoms with Gasteiger partial charge in [0.05, 0.1) is 8.80 Å². The standard InChI is InChI=1S/C7H11F3Si/c1-3-11(4-2)6-5-7(8,9)10/h3-4,11H,1-2,5-6H2. The Kier molecular flexibility index (Phi) is 4.18. The molecule has 0 aliphatic heterocycles. The van der Waals surface area contributed by atoms with Gasteiger partial charge in [0.1, 0.15) is 0 Å². The summed E-state index contributed by atoms with van der Waals surface area (Å²) in [5.74, 6) is 0. The molecule has 0 amide bonds. The maximum absolute atomic E-state index is 11.6. The fourth-order valence-electron chi connectivity index (χ4n) is 0.662. The number of hydrogen-bond acceptors (Lipinski definition) is 0. The predicted molar refractivity (Wildman–Crippen MR) is 43.0 cm³/mol. The quantitative estimate of drug-likeness (QED) is 0.583. The zero-order valence-electron chi connectivity index (χ0n) is 6.19. The van der Waals surface area contributed by atoms with Crippen LogP contribution in [0, 0.1) is 0 Å². The second-order valence-electron chi connectivity index (χ2n) is 2.29. The summed E-state index contributed by atoms with van der Waals surface area (Å²) in [7, 11) is -1.48. The first-order valence-electron chi connectivity index (χ1n) is 3.31. The lowest BCUT2D eigenvalue weighted by molar-refractivity contribution is -0.130. The minimum Gasteiger partial charge on any atom is -0.171 e. The first-order valence-corrected chi connectivity index (χ1v) is 5.46. The molecule has 0 heterocycles. The summed E-state index contributed by atoms with van der Waals surface area (Å²) in [6, 6.07) is 0.191. The summed E-state index contributed by atoms with van der Waals surface area (Å²) in [5.41, 5.74) is 3.22. The Hall–Kier alpha value is -0.513. The molecule has 11 heavy (non-hydrogen) atoms. The maximum atomic E-state index is 11.6. The minimum absolute atomic E-state index is 0.191. The van der Waals surface area contributed by atoms with Crippen molar-refractivity contribution in [1.82, 2.24) is 0 Å². The van der Waals surface area contributed by atoms with E-state index in [-0.39, 0.29) is 6.04 Å². The van der Waals surface area contributed by atoms with Crippen molar-refractivity contribution in [3.63, 3.8) is 0 Å². The molecule has 0 spiro atoms. The van der Waals surface area contributed by atoms with Crippen LogP contribution in [0.3, 0.4) is 0 Å². The second-order valence-corrected chi connectivity index (χ2v) is 5.14. The molecular formula is C7H11F3Si. The Morgan fingerprint density at radius 2 is 1.64 bits per heavy atom. The van der Waals surface area contributed by atoms with Crippen LogP contribution in [0.5, 0.6) is 0 Å². The van der Waals surface area contributed by atoms with Crippen molar-refractivity contribution >= 4 is 8.80 Å². The summed E-state index contributed by atoms with van der Waals surface area (Å²) in [6.07, 6.45) is -4.74. The highest BCUT2D eigenvalue weighted by Crippen LogP contribution is 2.22. The lowest BCUT2D eigenvalue weighted by Crippen LogP contribution is -2.13. The maximum Gasteiger partial charge on any atom is 0.388 e. The highest BCUT2D eigenvalue weighted by atomic mass is 28.3. The van der Waals surface area contributed by atoms with E-state index in [9.17, 15) is 13.2 Å². The van der Waals surface area contributed by atoms with E-state index in [1.54, 1.807) is 11.4 Å². The van der Waals surface area contributed by atoms with E-state index in [1.165, 1.54) is 0 Å². The third-order valence-electron chi connectivity index (χ3n) is 1.37. The van der Waals surface area contributed by atoms with E-state index >= 15 is 0 Å². The van der Waals surface area contributed by atoms with Crippen LogP contribution in [0.15, 0.2) is 24.6 Å². The normalized spacial score (nSPS) is 11.6. The van der Waals surface area contributed by atoms with Crippen molar-refractivity contribution in [3.05, 3.63) is 24.6 Å². The van der Waals surface area contributed by atoms with Crippen LogP contribution in [0.2, 0.25) is 6.04 Å². The summed E-state index contributed by atoms with van der Waals surface area (Å²) in [5, 5.41) is 0. The van der Waals surface area contributed by atoms with Crippen LogP contribution in [-0.4, -0.2) is 15.0 Å². The second kappa shape index (κ2) is 4.38. The van der Waals surface area contributed by atoms with Gasteiger partial charge in [-0.15, -0.1) is 24.6 Å². The van der Waals surface area contributed by atoms with Crippen molar-refractivity contribution in [2.75, 3.05) is 0 Å². The summed E-state index contributed by atoms with van der Waals surface area (Å²) in [6.45, 7) is 6.91. The van der Waals surface area contributed by atoms with Crippen LogP contribution < -0.4 is 0 Å². The molecule has 4 heteroatoms. The molecule has 0 aromatic carbocycles. The minimum atomic E-state index is -4.03. The smallest absolute Gasteiger partial charge is 0.171 e. The largest absolute Gasteiger partial charge is 0.388 e. The number of halogens is 3. The Morgan fingerprint density at radius 3 is 1.91 bits per heavy atom. The van der Waals surface area contributed by atoms with Crippen molar-refractivity contribution < 1.29 is 13.2 Å². The molecule has 0 nitrogen and oxygen atoms in total. The van der Waals surface area contributed by atoms with E-state index in [0.717, 1.165) is 0 Å². The number of rotatable bonds is 4. The third kappa shape index (κ3) is 5.91. The van der Waals surface area contributed by atoms with Gasteiger partial charge in [-0.05, 0) is 6.04 Å². The van der Waals surface area contributed by atoms with Gasteiger partial charge in [-0.2, -0.15) is 13.2 Å². The fourth-order valence-corrected chi connectivity index (χ4v) is 1.99. The Balaban J connectivity index is 3.68. The highest BCUT2D eigenvalue weighted by Gasteiger charge is 2.27. The van der Waals surface area contributed by atoms with Gasteiger partial charge in [0, 0.05) is 6.42 Å². The summed E-state index contributed by atoms with van der Waals surface area (Å²) >= 11 is 0. The molecule has 0 aliphatic rings. The van der Waals surface area contributed by atoms with E-state index in [1.807, 2.05) is 0 Å². The molecule has 0 saturated carbocycles. The molecule has 0 aromatic heterocycles. The fraction of sp³-hybridized carbons (Fsp3) is 0.429. The molecule has 0 fully saturated rings. The Labute approximate surface area is 66.0 Å². The van der Waals surface area contributed by atoms with Gasteiger partial charge in [-0.1, -0.05) is 0 Å². The lowest BCUT2D eigenvalue weighted by Gasteiger charge is -2.07. The molecule has 0 aromatic rings. The van der Waals surface area contributed by atoms with Crippen molar-refractivity contribution in [1.29, 1.82) is 0 Å². The topological polar surface area (TPSA) is 0 Å². The molecule has 0 bridgehead atoms. The Bertz CT molecular complexity index is 131. The number of alkyl halides is 3. The van der Waals surface area contributed by atoms with Crippen LogP contribution in [-0.2, 0) is 0 Å². The van der Waals surface area contributed by atoms with Crippen molar-refractivity contribution in [2.45, 2.75) is 18.6 Å². The monoisotopic (exact) mass is 180 g/mol. The first kappa shape index (κ1) is 10.5. The number of hydrogen-bond donors (Lipinski definition) is 0. The zero-order chi connectivity index (χ0) is 8.91. The van der Waals surface area contributed by atoms with Crippen molar-refractivity contribution in [2.24, 2.45) is 0 Å². The molecule has 0 atom stereocenters. The molecule has 0 N–H and O–H groups in total. The van der Waals surface area contributed by atoms with Crippen molar-refractivity contribution in [3.8, 4) is 0 Å². The van der Waals surface area contributed by atoms with E-state index in [4.69, 9.17) is 0 Å². The van der Waals surface area contributed by atoms with E-state index < -0.39 is 21.4 Å². The molecule has 0 unspecified atom stereocenters. The van der Waals surface area contributed by atoms with Crippen LogP contribution >= 0.6 is 0 Å². The predicted octanol–water partition coefficient (Wildman–Crippen LogP) is 2.62. The van der Waals surface area contributed by atoms with E-state index in [2.05, 4.69) is 13.2 Å². The SMILES string of the molecule is C=C[SiH](C=C)CCC(F)(F)F. The van der Waals surface area contributed by atoms with Gasteiger partial charge in [0.2, 0.25) is 0 Å². The van der Waals surface area contributed by atoms with Gasteiger partial charge in [-0.25, -0.2) is 0 Å². The van der Waals surface area contributed by atoms with Gasteiger partial charge in [0.15, 0.2) is 0 Å². The molecule has 0 rings (SSSR count). The molecule has 0 radical (unpaired) electrons. The van der Waals surface area contributed by atoms with Crippen LogP contribution in [0.25, 0.3) is 0 Å². The van der Waals surface area contributed by atoms with Crippen LogP contribution in [0.4, 0.5) is 13.2 Å². The molecule has 64 valence electrons. The highest BCUT2D eigenvalue weighted by molar-refractivity contribution is 6.69. The summed E-state index contributed by atoms with van der Waals surface area (Å²) < 4.78 is 34.9. The van der Waals surface area contributed by atoms with E-state index in [0.29, 0.717) is 0 Å². The van der Waals surface area contributed by atoms with Gasteiger partial charge in [0.25, 0.3) is 0 Å². The first-order chi connectivity index (χ1) is 4.99. The van der Waals surface area contributed by atoms with Crippen LogP contribution in [0.1, 0.15) is 6.42 Å². The average molecular weight is 180 g/mol. The average Bonchev–Trinajstić information content (AvgIpc) is 1.88. The molecule has 0 aliphatic carbocycles. The lowest BCUT2D eigenvalue weighted by atomic mass is 10.5. The molecule has 0 saturated heterocycles. The van der Waals surface area contributed by atoms with Gasteiger partial charge >= 0.3 is 6.18 Å². The van der Waals surface area contributed by atoms with Gasteiger partial charge in [-0.3, -0.25) is 0 Å². The molecular weight excluding hydrogens is 169 g/mol. The Morgan fingerprint density at radius 1 is 1.18 bits per heavy atom. The summed E-state index contributed by atoms with van der Waals surface area (Å²) in [4.78, 5) is 0. The zero-order valence-corrected chi connectivity index (χ0v) is 7.35. The van der Waals surface area contributed by atoms with Gasteiger partial charge < -0.3 is 0 Å². The third-order valence-corrected chi connectivity index (χ3v) is 3.53.